The van der Waals surface area contributed by atoms with E-state index in [0.717, 1.165) is 12.8 Å². The summed E-state index contributed by atoms with van der Waals surface area (Å²) in [4.78, 5) is 24.2. The zero-order valence-corrected chi connectivity index (χ0v) is 16.0. The summed E-state index contributed by atoms with van der Waals surface area (Å²) in [5.74, 6) is 0.588. The van der Waals surface area contributed by atoms with Gasteiger partial charge in [-0.1, -0.05) is 25.7 Å². The van der Waals surface area contributed by atoms with Gasteiger partial charge in [0.25, 0.3) is 11.8 Å². The van der Waals surface area contributed by atoms with Crippen LogP contribution < -0.4 is 20.1 Å². The van der Waals surface area contributed by atoms with E-state index in [1.165, 1.54) is 32.8 Å². The third-order valence-corrected chi connectivity index (χ3v) is 4.42. The normalized spacial score (nSPS) is 15.2. The number of amides is 2. The molecule has 1 aromatic carbocycles. The predicted molar refractivity (Wildman–Crippen MR) is 101 cm³/mol. The molecule has 0 aliphatic heterocycles. The molecular formula is C20H30N2O4. The summed E-state index contributed by atoms with van der Waals surface area (Å²) in [7, 11) is 1.52. The second kappa shape index (κ2) is 10.0. The van der Waals surface area contributed by atoms with Crippen molar-refractivity contribution in [3.05, 3.63) is 23.8 Å². The highest BCUT2D eigenvalue weighted by Crippen LogP contribution is 2.28. The fourth-order valence-electron chi connectivity index (χ4n) is 3.13. The van der Waals surface area contributed by atoms with Crippen LogP contribution in [-0.4, -0.2) is 37.6 Å². The van der Waals surface area contributed by atoms with Gasteiger partial charge in [0.1, 0.15) is 0 Å². The highest BCUT2D eigenvalue weighted by atomic mass is 16.5. The molecule has 0 aromatic heterocycles. The summed E-state index contributed by atoms with van der Waals surface area (Å²) < 4.78 is 10.8. The Bertz CT molecular complexity index is 608. The maximum atomic E-state index is 12.5. The largest absolute Gasteiger partial charge is 0.493 e. The van der Waals surface area contributed by atoms with Gasteiger partial charge in [-0.25, -0.2) is 0 Å². The first-order valence-electron chi connectivity index (χ1n) is 9.40. The van der Waals surface area contributed by atoms with Gasteiger partial charge < -0.3 is 20.1 Å². The predicted octanol–water partition coefficient (Wildman–Crippen LogP) is 3.05. The fourth-order valence-corrected chi connectivity index (χ4v) is 3.13. The van der Waals surface area contributed by atoms with Crippen LogP contribution in [0.1, 0.15) is 62.7 Å². The molecule has 1 aliphatic rings. The maximum absolute atomic E-state index is 12.5. The van der Waals surface area contributed by atoms with Crippen LogP contribution in [0.25, 0.3) is 0 Å². The molecule has 1 aromatic rings. The van der Waals surface area contributed by atoms with Crippen LogP contribution in [0.5, 0.6) is 11.5 Å². The summed E-state index contributed by atoms with van der Waals surface area (Å²) in [6, 6.07) is 5.32. The van der Waals surface area contributed by atoms with Crippen LogP contribution in [-0.2, 0) is 4.79 Å². The molecular weight excluding hydrogens is 332 g/mol. The van der Waals surface area contributed by atoms with Crippen molar-refractivity contribution in [3.63, 3.8) is 0 Å². The Hall–Kier alpha value is -2.24. The molecule has 0 unspecified atom stereocenters. The smallest absolute Gasteiger partial charge is 0.258 e. The minimum atomic E-state index is -0.197. The first kappa shape index (κ1) is 20.1. The quantitative estimate of drug-likeness (QED) is 0.731. The summed E-state index contributed by atoms with van der Waals surface area (Å²) in [6.07, 6.45) is 6.90. The molecule has 0 radical (unpaired) electrons. The van der Waals surface area contributed by atoms with Gasteiger partial charge in [-0.2, -0.15) is 0 Å². The van der Waals surface area contributed by atoms with Gasteiger partial charge in [-0.15, -0.1) is 0 Å². The van der Waals surface area contributed by atoms with Crippen LogP contribution in [0.15, 0.2) is 18.2 Å². The van der Waals surface area contributed by atoms with E-state index in [9.17, 15) is 9.59 Å². The number of benzene rings is 1. The molecule has 0 heterocycles. The lowest BCUT2D eigenvalue weighted by Crippen LogP contribution is -2.34. The summed E-state index contributed by atoms with van der Waals surface area (Å²) >= 11 is 0. The van der Waals surface area contributed by atoms with E-state index in [1.54, 1.807) is 18.2 Å². The van der Waals surface area contributed by atoms with Crippen LogP contribution in [0.4, 0.5) is 0 Å². The van der Waals surface area contributed by atoms with Gasteiger partial charge in [-0.3, -0.25) is 9.59 Å². The molecule has 2 rings (SSSR count). The number of hydrogen-bond acceptors (Lipinski definition) is 4. The van der Waals surface area contributed by atoms with E-state index < -0.39 is 0 Å². The number of nitrogens with one attached hydrogen (secondary N) is 2. The summed E-state index contributed by atoms with van der Waals surface area (Å²) in [5.41, 5.74) is 0.532. The van der Waals surface area contributed by atoms with E-state index in [-0.39, 0.29) is 30.5 Å². The van der Waals surface area contributed by atoms with Gasteiger partial charge in [0, 0.05) is 17.6 Å². The minimum Gasteiger partial charge on any atom is -0.493 e. The van der Waals surface area contributed by atoms with Crippen LogP contribution in [0.2, 0.25) is 0 Å². The first-order valence-corrected chi connectivity index (χ1v) is 9.40. The monoisotopic (exact) mass is 362 g/mol. The zero-order valence-electron chi connectivity index (χ0n) is 16.0. The van der Waals surface area contributed by atoms with E-state index >= 15 is 0 Å². The maximum Gasteiger partial charge on any atom is 0.258 e. The minimum absolute atomic E-state index is 0.0584. The van der Waals surface area contributed by atoms with E-state index in [4.69, 9.17) is 9.47 Å². The standard InChI is InChI=1S/C20H30N2O4/c1-14(2)21-19(23)13-26-17-11-10-15(12-18(17)25-3)20(24)22-16-8-6-4-5-7-9-16/h10-12,14,16H,4-9,13H2,1-3H3,(H,21,23)(H,22,24). The van der Waals surface area contributed by atoms with Crippen molar-refractivity contribution in [2.24, 2.45) is 0 Å². The average Bonchev–Trinajstić information content (AvgIpc) is 2.87. The Balaban J connectivity index is 1.97. The molecule has 0 atom stereocenters. The molecule has 6 nitrogen and oxygen atoms in total. The molecule has 1 aliphatic carbocycles. The molecule has 0 bridgehead atoms. The van der Waals surface area contributed by atoms with Gasteiger partial charge in [0.15, 0.2) is 18.1 Å². The second-order valence-electron chi connectivity index (χ2n) is 7.04. The molecule has 0 spiro atoms. The SMILES string of the molecule is COc1cc(C(=O)NC2CCCCCC2)ccc1OCC(=O)NC(C)C. The van der Waals surface area contributed by atoms with Crippen molar-refractivity contribution in [2.45, 2.75) is 64.5 Å². The van der Waals surface area contributed by atoms with Crippen molar-refractivity contribution in [1.29, 1.82) is 0 Å². The highest BCUT2D eigenvalue weighted by molar-refractivity contribution is 5.95. The number of methoxy groups -OCH3 is 1. The number of hydrogen-bond donors (Lipinski definition) is 2. The highest BCUT2D eigenvalue weighted by Gasteiger charge is 2.17. The number of rotatable bonds is 7. The van der Waals surface area contributed by atoms with Crippen molar-refractivity contribution < 1.29 is 19.1 Å². The lowest BCUT2D eigenvalue weighted by atomic mass is 10.1. The molecule has 2 amide bonds. The van der Waals surface area contributed by atoms with Gasteiger partial charge in [0.2, 0.25) is 0 Å². The molecule has 1 saturated carbocycles. The van der Waals surface area contributed by atoms with Crippen LogP contribution >= 0.6 is 0 Å². The number of carbonyl (C=O) groups is 2. The topological polar surface area (TPSA) is 76.7 Å². The Kier molecular flexibility index (Phi) is 7.75. The van der Waals surface area contributed by atoms with Gasteiger partial charge in [0.05, 0.1) is 7.11 Å². The fraction of sp³-hybridized carbons (Fsp3) is 0.600. The van der Waals surface area contributed by atoms with E-state index in [2.05, 4.69) is 10.6 Å². The van der Waals surface area contributed by atoms with Gasteiger partial charge >= 0.3 is 0 Å². The zero-order chi connectivity index (χ0) is 18.9. The lowest BCUT2D eigenvalue weighted by molar-refractivity contribution is -0.123. The Morgan fingerprint density at radius 3 is 2.42 bits per heavy atom. The van der Waals surface area contributed by atoms with Gasteiger partial charge in [-0.05, 0) is 44.9 Å². The van der Waals surface area contributed by atoms with Crippen molar-refractivity contribution in [3.8, 4) is 11.5 Å². The molecule has 0 saturated heterocycles. The second-order valence-corrected chi connectivity index (χ2v) is 7.04. The van der Waals surface area contributed by atoms with Crippen molar-refractivity contribution in [2.75, 3.05) is 13.7 Å². The van der Waals surface area contributed by atoms with Crippen LogP contribution in [0, 0.1) is 0 Å². The summed E-state index contributed by atoms with van der Waals surface area (Å²) in [6.45, 7) is 3.68. The third kappa shape index (κ3) is 6.24. The summed E-state index contributed by atoms with van der Waals surface area (Å²) in [5, 5.41) is 5.88. The van der Waals surface area contributed by atoms with E-state index in [0.29, 0.717) is 17.1 Å². The number of carbonyl (C=O) groups excluding carboxylic acids is 2. The molecule has 6 heteroatoms. The molecule has 144 valence electrons. The third-order valence-electron chi connectivity index (χ3n) is 4.42. The Labute approximate surface area is 155 Å². The molecule has 26 heavy (non-hydrogen) atoms. The van der Waals surface area contributed by atoms with Crippen LogP contribution in [0.3, 0.4) is 0 Å². The lowest BCUT2D eigenvalue weighted by Gasteiger charge is -2.17. The van der Waals surface area contributed by atoms with Crippen molar-refractivity contribution in [1.82, 2.24) is 10.6 Å². The molecule has 2 N–H and O–H groups in total. The Morgan fingerprint density at radius 1 is 1.12 bits per heavy atom. The molecule has 1 fully saturated rings. The first-order chi connectivity index (χ1) is 12.5. The van der Waals surface area contributed by atoms with Crippen molar-refractivity contribution >= 4 is 11.8 Å². The average molecular weight is 362 g/mol. The Morgan fingerprint density at radius 2 is 1.81 bits per heavy atom. The van der Waals surface area contributed by atoms with E-state index in [1.807, 2.05) is 13.8 Å². The number of ether oxygens (including phenoxy) is 2.